The fourth-order valence-electron chi connectivity index (χ4n) is 4.78. The predicted molar refractivity (Wildman–Crippen MR) is 170 cm³/mol. The molecule has 0 unspecified atom stereocenters. The molecule has 8 heteroatoms. The molecule has 0 saturated carbocycles. The summed E-state index contributed by atoms with van der Waals surface area (Å²) in [5, 5.41) is 0. The molecular weight excluding hydrogens is 559 g/mol. The van der Waals surface area contributed by atoms with Gasteiger partial charge in [-0.2, -0.15) is 0 Å². The Hall–Kier alpha value is -3.33. The molecule has 0 radical (unpaired) electrons. The smallest absolute Gasteiger partial charge is 0.346 e. The number of rotatable bonds is 6. The number of hydrogen-bond acceptors (Lipinski definition) is 7. The lowest BCUT2D eigenvalue weighted by atomic mass is 9.82. The van der Waals surface area contributed by atoms with Crippen molar-refractivity contribution in [3.05, 3.63) is 105 Å². The van der Waals surface area contributed by atoms with Crippen molar-refractivity contribution in [2.24, 2.45) is 0 Å². The van der Waals surface area contributed by atoms with E-state index in [2.05, 4.69) is 0 Å². The van der Waals surface area contributed by atoms with Crippen LogP contribution in [-0.2, 0) is 9.53 Å². The summed E-state index contributed by atoms with van der Waals surface area (Å²) in [7, 11) is 0. The molecule has 0 fully saturated rings. The molecule has 1 amide bonds. The highest BCUT2D eigenvalue weighted by Crippen LogP contribution is 2.59. The van der Waals surface area contributed by atoms with Crippen molar-refractivity contribution in [2.45, 2.75) is 33.2 Å². The van der Waals surface area contributed by atoms with Crippen LogP contribution in [0.15, 0.2) is 88.0 Å². The minimum atomic E-state index is -0.844. The first-order valence-corrected chi connectivity index (χ1v) is 15.1. The van der Waals surface area contributed by atoms with E-state index < -0.39 is 5.54 Å². The number of amides is 1. The van der Waals surface area contributed by atoms with Crippen LogP contribution in [0.25, 0.3) is 10.5 Å². The molecule has 0 aromatic heterocycles. The lowest BCUT2D eigenvalue weighted by Gasteiger charge is -2.45. The number of ether oxygens (including phenoxy) is 2. The minimum Gasteiger partial charge on any atom is -0.494 e. The van der Waals surface area contributed by atoms with Crippen LogP contribution in [0.1, 0.15) is 49.2 Å². The third-order valence-electron chi connectivity index (χ3n) is 6.65. The van der Waals surface area contributed by atoms with Crippen LogP contribution < -0.4 is 9.64 Å². The molecule has 3 aromatic carbocycles. The number of nitrogens with zero attached hydrogens (tertiary/aromatic N) is 1. The van der Waals surface area contributed by atoms with Gasteiger partial charge in [0.2, 0.25) is 0 Å². The first-order chi connectivity index (χ1) is 19.3. The largest absolute Gasteiger partial charge is 0.494 e. The molecule has 2 heterocycles. The third-order valence-corrected chi connectivity index (χ3v) is 9.98. The van der Waals surface area contributed by atoms with Gasteiger partial charge in [0.15, 0.2) is 0 Å². The van der Waals surface area contributed by atoms with E-state index in [9.17, 15) is 9.59 Å². The summed E-state index contributed by atoms with van der Waals surface area (Å²) in [6, 6.07) is 24.8. The van der Waals surface area contributed by atoms with Crippen molar-refractivity contribution in [3.63, 3.8) is 0 Å². The van der Waals surface area contributed by atoms with E-state index in [-0.39, 0.29) is 18.5 Å². The van der Waals surface area contributed by atoms with E-state index in [1.165, 1.54) is 23.5 Å². The molecule has 0 atom stereocenters. The van der Waals surface area contributed by atoms with Crippen LogP contribution in [0.2, 0.25) is 0 Å². The maximum absolute atomic E-state index is 14.0. The van der Waals surface area contributed by atoms with Crippen molar-refractivity contribution >= 4 is 68.6 Å². The normalized spacial score (nSPS) is 18.0. The van der Waals surface area contributed by atoms with Crippen LogP contribution in [0, 0.1) is 0 Å². The van der Waals surface area contributed by atoms with Gasteiger partial charge in [-0.15, -0.1) is 0 Å². The number of anilines is 1. The van der Waals surface area contributed by atoms with Gasteiger partial charge in [0, 0.05) is 27.7 Å². The molecule has 5 rings (SSSR count). The second-order valence-corrected chi connectivity index (χ2v) is 12.3. The standard InChI is InChI=1S/C32H29NO4S3/c1-5-36-22-17-18-23-24(19-22)33(29(34)21-15-11-8-12-16-21)32(3,4)28(38)25(23)31-39-26(20-13-9-7-10-14-20)27(40-31)30(35)37-6-2/h7-19H,5-6H2,1-4H3. The van der Waals surface area contributed by atoms with E-state index in [0.29, 0.717) is 33.4 Å². The van der Waals surface area contributed by atoms with Crippen molar-refractivity contribution in [1.82, 2.24) is 0 Å². The van der Waals surface area contributed by atoms with Crippen LogP contribution >= 0.6 is 35.7 Å². The molecule has 0 N–H and O–H groups in total. The van der Waals surface area contributed by atoms with Gasteiger partial charge < -0.3 is 9.47 Å². The molecule has 0 bridgehead atoms. The molecule has 2 aliphatic rings. The lowest BCUT2D eigenvalue weighted by Crippen LogP contribution is -2.56. The number of esters is 1. The predicted octanol–water partition coefficient (Wildman–Crippen LogP) is 7.97. The third kappa shape index (κ3) is 5.11. The summed E-state index contributed by atoms with van der Waals surface area (Å²) in [6.45, 7) is 8.45. The molecule has 0 aliphatic carbocycles. The molecule has 204 valence electrons. The highest BCUT2D eigenvalue weighted by molar-refractivity contribution is 8.32. The lowest BCUT2D eigenvalue weighted by molar-refractivity contribution is -0.137. The fourth-order valence-corrected chi connectivity index (χ4v) is 7.91. The second-order valence-electron chi connectivity index (χ2n) is 9.62. The molecule has 0 spiro atoms. The monoisotopic (exact) mass is 587 g/mol. The van der Waals surface area contributed by atoms with Gasteiger partial charge in [0.1, 0.15) is 10.7 Å². The number of thioether (sulfide) groups is 2. The second kappa shape index (κ2) is 11.6. The van der Waals surface area contributed by atoms with Crippen LogP contribution in [0.4, 0.5) is 5.69 Å². The molecule has 0 saturated heterocycles. The Bertz CT molecular complexity index is 1540. The zero-order valence-corrected chi connectivity index (χ0v) is 25.2. The van der Waals surface area contributed by atoms with Gasteiger partial charge >= 0.3 is 5.97 Å². The maximum atomic E-state index is 14.0. The Balaban J connectivity index is 1.69. The van der Waals surface area contributed by atoms with E-state index in [1.54, 1.807) is 11.8 Å². The average Bonchev–Trinajstić information content (AvgIpc) is 3.40. The SMILES string of the molecule is CCOC(=O)C1=C(c2ccccc2)SC(=C2C(=S)C(C)(C)N(C(=O)c3ccccc3)c3cc(OCC)ccc32)S1. The van der Waals surface area contributed by atoms with Gasteiger partial charge in [0.25, 0.3) is 5.91 Å². The molecule has 40 heavy (non-hydrogen) atoms. The zero-order valence-electron chi connectivity index (χ0n) is 22.7. The van der Waals surface area contributed by atoms with Gasteiger partial charge in [-0.3, -0.25) is 9.69 Å². The molecule has 2 aliphatic heterocycles. The quantitative estimate of drug-likeness (QED) is 0.165. The number of carbonyl (C=O) groups excluding carboxylic acids is 2. The zero-order chi connectivity index (χ0) is 28.4. The number of fused-ring (bicyclic) bond motifs is 1. The molecule has 3 aromatic rings. The number of benzene rings is 3. The average molecular weight is 588 g/mol. The highest BCUT2D eigenvalue weighted by atomic mass is 32.2. The minimum absolute atomic E-state index is 0.145. The first-order valence-electron chi connectivity index (χ1n) is 13.1. The van der Waals surface area contributed by atoms with Crippen LogP contribution in [0.5, 0.6) is 5.75 Å². The molecule has 5 nitrogen and oxygen atoms in total. The van der Waals surface area contributed by atoms with Gasteiger partial charge in [0.05, 0.1) is 33.5 Å². The Morgan fingerprint density at radius 1 is 0.900 bits per heavy atom. The summed E-state index contributed by atoms with van der Waals surface area (Å²) >= 11 is 9.08. The fraction of sp³-hybridized carbons (Fsp3) is 0.219. The highest BCUT2D eigenvalue weighted by Gasteiger charge is 2.46. The Morgan fingerprint density at radius 2 is 1.57 bits per heavy atom. The molecular formula is C32H29NO4S3. The first kappa shape index (κ1) is 28.2. The van der Waals surface area contributed by atoms with Crippen molar-refractivity contribution < 1.29 is 19.1 Å². The van der Waals surface area contributed by atoms with Gasteiger partial charge in [-0.1, -0.05) is 84.3 Å². The topological polar surface area (TPSA) is 55.8 Å². The van der Waals surface area contributed by atoms with E-state index in [4.69, 9.17) is 21.7 Å². The van der Waals surface area contributed by atoms with Crippen LogP contribution in [0.3, 0.4) is 0 Å². The Labute approximate surface area is 248 Å². The van der Waals surface area contributed by atoms with Crippen molar-refractivity contribution in [2.75, 3.05) is 18.1 Å². The number of carbonyl (C=O) groups is 2. The van der Waals surface area contributed by atoms with E-state index in [1.807, 2.05) is 99.6 Å². The summed E-state index contributed by atoms with van der Waals surface area (Å²) in [4.78, 5) is 30.9. The van der Waals surface area contributed by atoms with Crippen molar-refractivity contribution in [1.29, 1.82) is 0 Å². The number of thiocarbonyl (C=S) groups is 1. The summed E-state index contributed by atoms with van der Waals surface area (Å²) < 4.78 is 12.2. The maximum Gasteiger partial charge on any atom is 0.346 e. The van der Waals surface area contributed by atoms with Crippen molar-refractivity contribution in [3.8, 4) is 5.75 Å². The van der Waals surface area contributed by atoms with E-state index >= 15 is 0 Å². The van der Waals surface area contributed by atoms with Gasteiger partial charge in [-0.05, 0) is 57.5 Å². The Morgan fingerprint density at radius 3 is 2.23 bits per heavy atom. The van der Waals surface area contributed by atoms with Gasteiger partial charge in [-0.25, -0.2) is 4.79 Å². The Kier molecular flexibility index (Phi) is 8.21. The van der Waals surface area contributed by atoms with Crippen LogP contribution in [-0.4, -0.2) is 35.5 Å². The number of hydrogen-bond donors (Lipinski definition) is 0. The summed E-state index contributed by atoms with van der Waals surface area (Å²) in [5.74, 6) is 0.166. The summed E-state index contributed by atoms with van der Waals surface area (Å²) in [5.41, 5.74) is 3.05. The van der Waals surface area contributed by atoms with E-state index in [0.717, 1.165) is 25.8 Å². The summed E-state index contributed by atoms with van der Waals surface area (Å²) in [6.07, 6.45) is 0.